The van der Waals surface area contributed by atoms with Crippen LogP contribution >= 0.6 is 12.2 Å². The van der Waals surface area contributed by atoms with Crippen molar-refractivity contribution >= 4 is 17.3 Å². The average molecular weight is 172 g/mol. The maximum atomic E-state index is 4.82. The van der Waals surface area contributed by atoms with E-state index in [-0.39, 0.29) is 0 Å². The first-order chi connectivity index (χ1) is 5.33. The van der Waals surface area contributed by atoms with Gasteiger partial charge in [-0.3, -0.25) is 0 Å². The van der Waals surface area contributed by atoms with Gasteiger partial charge < -0.3 is 15.2 Å². The molecule has 0 aliphatic heterocycles. The Balaban J connectivity index is 2.29. The topological polar surface area (TPSA) is 63.0 Å². The smallest absolute Gasteiger partial charge is 0.213 e. The van der Waals surface area contributed by atoms with E-state index in [0.29, 0.717) is 17.5 Å². The van der Waals surface area contributed by atoms with E-state index in [4.69, 9.17) is 12.2 Å². The monoisotopic (exact) mass is 172 g/mol. The maximum Gasteiger partial charge on any atom is 0.213 e. The van der Waals surface area contributed by atoms with E-state index in [9.17, 15) is 0 Å². The van der Waals surface area contributed by atoms with Gasteiger partial charge in [0.2, 0.25) is 6.39 Å². The van der Waals surface area contributed by atoms with Crippen LogP contribution < -0.4 is 10.6 Å². The van der Waals surface area contributed by atoms with Crippen molar-refractivity contribution in [3.05, 3.63) is 12.2 Å². The molecule has 0 saturated carbocycles. The molecule has 6 heteroatoms. The van der Waals surface area contributed by atoms with Crippen molar-refractivity contribution in [3.63, 3.8) is 0 Å². The minimum atomic E-state index is 0.482. The lowest BCUT2D eigenvalue weighted by Crippen LogP contribution is -2.32. The summed E-state index contributed by atoms with van der Waals surface area (Å²) in [5.41, 5.74) is 0. The fourth-order valence-corrected chi connectivity index (χ4v) is 0.590. The van der Waals surface area contributed by atoms with Gasteiger partial charge in [0.15, 0.2) is 10.9 Å². The van der Waals surface area contributed by atoms with E-state index < -0.39 is 0 Å². The minimum Gasteiger partial charge on any atom is -0.366 e. The van der Waals surface area contributed by atoms with Crippen LogP contribution in [0.2, 0.25) is 0 Å². The lowest BCUT2D eigenvalue weighted by molar-refractivity contribution is 0.409. The second-order valence-electron chi connectivity index (χ2n) is 1.78. The van der Waals surface area contributed by atoms with E-state index in [1.807, 2.05) is 0 Å². The zero-order chi connectivity index (χ0) is 8.10. The Hall–Kier alpha value is -1.17. The van der Waals surface area contributed by atoms with Gasteiger partial charge in [0, 0.05) is 7.05 Å². The molecule has 0 unspecified atom stereocenters. The molecular weight excluding hydrogens is 164 g/mol. The van der Waals surface area contributed by atoms with Gasteiger partial charge in [-0.2, -0.15) is 4.98 Å². The van der Waals surface area contributed by atoms with Gasteiger partial charge in [-0.25, -0.2) is 0 Å². The zero-order valence-electron chi connectivity index (χ0n) is 6.00. The second-order valence-corrected chi connectivity index (χ2v) is 2.19. The van der Waals surface area contributed by atoms with Gasteiger partial charge in [-0.15, -0.1) is 0 Å². The molecule has 1 heterocycles. The number of nitrogens with one attached hydrogen (secondary N) is 2. The highest BCUT2D eigenvalue weighted by Gasteiger charge is 1.97. The van der Waals surface area contributed by atoms with Gasteiger partial charge in [-0.05, 0) is 12.2 Å². The molecule has 0 bridgehead atoms. The lowest BCUT2D eigenvalue weighted by Gasteiger charge is -2.02. The Kier molecular flexibility index (Phi) is 2.79. The van der Waals surface area contributed by atoms with Crippen LogP contribution in [0.4, 0.5) is 0 Å². The summed E-state index contributed by atoms with van der Waals surface area (Å²) in [7, 11) is 1.74. The fourth-order valence-electron chi connectivity index (χ4n) is 0.518. The van der Waals surface area contributed by atoms with Crippen LogP contribution in [0, 0.1) is 0 Å². The third-order valence-electron chi connectivity index (χ3n) is 1.04. The highest BCUT2D eigenvalue weighted by Crippen LogP contribution is 1.85. The molecule has 0 radical (unpaired) electrons. The molecule has 0 atom stereocenters. The van der Waals surface area contributed by atoms with E-state index in [0.717, 1.165) is 0 Å². The first kappa shape index (κ1) is 7.93. The maximum absolute atomic E-state index is 4.82. The Morgan fingerprint density at radius 1 is 1.82 bits per heavy atom. The van der Waals surface area contributed by atoms with Gasteiger partial charge >= 0.3 is 0 Å². The first-order valence-corrected chi connectivity index (χ1v) is 3.44. The molecule has 0 spiro atoms. The van der Waals surface area contributed by atoms with E-state index in [2.05, 4.69) is 25.3 Å². The van der Waals surface area contributed by atoms with Gasteiger partial charge in [-0.1, -0.05) is 5.16 Å². The normalized spacial score (nSPS) is 9.18. The summed E-state index contributed by atoms with van der Waals surface area (Å²) in [6.07, 6.45) is 1.28. The summed E-state index contributed by atoms with van der Waals surface area (Å²) in [6.45, 7) is 0.482. The van der Waals surface area contributed by atoms with Crippen molar-refractivity contribution in [1.82, 2.24) is 20.8 Å². The predicted molar refractivity (Wildman–Crippen MR) is 42.8 cm³/mol. The average Bonchev–Trinajstić information content (AvgIpc) is 2.52. The van der Waals surface area contributed by atoms with Gasteiger partial charge in [0.1, 0.15) is 0 Å². The standard InChI is InChI=1S/C5H8N4OS/c1-6-5(11)7-2-4-8-3-10-9-4/h3H,2H2,1H3,(H2,6,7,11). The van der Waals surface area contributed by atoms with Gasteiger partial charge in [0.05, 0.1) is 6.54 Å². The number of hydrogen-bond acceptors (Lipinski definition) is 4. The number of hydrogen-bond donors (Lipinski definition) is 2. The Labute approximate surface area is 69.2 Å². The van der Waals surface area contributed by atoms with E-state index in [1.165, 1.54) is 6.39 Å². The van der Waals surface area contributed by atoms with Crippen molar-refractivity contribution in [3.8, 4) is 0 Å². The highest BCUT2D eigenvalue weighted by atomic mass is 32.1. The van der Waals surface area contributed by atoms with Crippen LogP contribution in [0.25, 0.3) is 0 Å². The quantitative estimate of drug-likeness (QED) is 0.595. The van der Waals surface area contributed by atoms with E-state index in [1.54, 1.807) is 7.05 Å². The van der Waals surface area contributed by atoms with Crippen molar-refractivity contribution < 1.29 is 4.52 Å². The molecule has 2 N–H and O–H groups in total. The molecule has 0 aliphatic rings. The molecule has 0 aliphatic carbocycles. The zero-order valence-corrected chi connectivity index (χ0v) is 6.81. The molecule has 1 aromatic heterocycles. The third-order valence-corrected chi connectivity index (χ3v) is 1.39. The minimum absolute atomic E-state index is 0.482. The number of rotatable bonds is 2. The molecule has 0 fully saturated rings. The van der Waals surface area contributed by atoms with Gasteiger partial charge in [0.25, 0.3) is 0 Å². The first-order valence-electron chi connectivity index (χ1n) is 3.03. The molecule has 0 amide bonds. The summed E-state index contributed by atoms with van der Waals surface area (Å²) in [5.74, 6) is 0.586. The predicted octanol–water partition coefficient (Wildman–Crippen LogP) is -0.337. The summed E-state index contributed by atoms with van der Waals surface area (Å²) in [6, 6.07) is 0. The summed E-state index contributed by atoms with van der Waals surface area (Å²) in [5, 5.41) is 9.78. The third kappa shape index (κ3) is 2.50. The number of aromatic nitrogens is 2. The molecule has 0 saturated heterocycles. The number of nitrogens with zero attached hydrogens (tertiary/aromatic N) is 2. The molecule has 1 rings (SSSR count). The highest BCUT2D eigenvalue weighted by molar-refractivity contribution is 7.80. The van der Waals surface area contributed by atoms with Crippen LogP contribution in [0.5, 0.6) is 0 Å². The van der Waals surface area contributed by atoms with Crippen molar-refractivity contribution in [1.29, 1.82) is 0 Å². The van der Waals surface area contributed by atoms with Crippen LogP contribution in [-0.4, -0.2) is 22.3 Å². The van der Waals surface area contributed by atoms with Crippen molar-refractivity contribution in [2.24, 2.45) is 0 Å². The molecule has 60 valence electrons. The second kappa shape index (κ2) is 3.87. The van der Waals surface area contributed by atoms with Crippen molar-refractivity contribution in [2.75, 3.05) is 7.05 Å². The fraction of sp³-hybridized carbons (Fsp3) is 0.400. The number of thiocarbonyl (C=S) groups is 1. The largest absolute Gasteiger partial charge is 0.366 e. The summed E-state index contributed by atoms with van der Waals surface area (Å²) < 4.78 is 4.52. The Morgan fingerprint density at radius 2 is 2.64 bits per heavy atom. The summed E-state index contributed by atoms with van der Waals surface area (Å²) in [4.78, 5) is 3.79. The molecular formula is C5H8N4OS. The van der Waals surface area contributed by atoms with Crippen LogP contribution in [0.1, 0.15) is 5.82 Å². The Bertz CT molecular complexity index is 222. The van der Waals surface area contributed by atoms with Crippen LogP contribution in [0.3, 0.4) is 0 Å². The summed E-state index contributed by atoms with van der Waals surface area (Å²) >= 11 is 4.82. The van der Waals surface area contributed by atoms with E-state index >= 15 is 0 Å². The van der Waals surface area contributed by atoms with Crippen LogP contribution in [-0.2, 0) is 6.54 Å². The Morgan fingerprint density at radius 3 is 3.18 bits per heavy atom. The molecule has 11 heavy (non-hydrogen) atoms. The molecule has 0 aromatic carbocycles. The van der Waals surface area contributed by atoms with Crippen molar-refractivity contribution in [2.45, 2.75) is 6.54 Å². The van der Waals surface area contributed by atoms with Crippen LogP contribution in [0.15, 0.2) is 10.9 Å². The SMILES string of the molecule is CNC(=S)NCc1ncon1. The molecule has 1 aromatic rings. The molecule has 5 nitrogen and oxygen atoms in total. The lowest BCUT2D eigenvalue weighted by atomic mass is 10.6.